The summed E-state index contributed by atoms with van der Waals surface area (Å²) in [7, 11) is 0. The van der Waals surface area contributed by atoms with E-state index < -0.39 is 0 Å². The van der Waals surface area contributed by atoms with Crippen molar-refractivity contribution >= 4 is 48.9 Å². The zero-order chi connectivity index (χ0) is 33.2. The third-order valence-corrected chi connectivity index (χ3v) is 11.0. The van der Waals surface area contributed by atoms with E-state index in [9.17, 15) is 9.90 Å². The molecule has 46 heavy (non-hydrogen) atoms. The molecule has 247 valence electrons. The predicted molar refractivity (Wildman–Crippen MR) is 195 cm³/mol. The molecule has 5 heteroatoms. The first-order valence-electron chi connectivity index (χ1n) is 16.4. The van der Waals surface area contributed by atoms with Crippen LogP contribution in [0.4, 0.5) is 0 Å². The number of aromatic nitrogens is 1. The van der Waals surface area contributed by atoms with Crippen LogP contribution in [0, 0.1) is 16.9 Å². The van der Waals surface area contributed by atoms with E-state index in [1.165, 1.54) is 26.4 Å². The number of hydrogen-bond donors (Lipinski definition) is 1. The molecule has 0 unspecified atom stereocenters. The fraction of sp³-hybridized carbons (Fsp3) is 0.415. The Morgan fingerprint density at radius 3 is 1.96 bits per heavy atom. The summed E-state index contributed by atoms with van der Waals surface area (Å²) < 4.78 is 1.30. The number of aliphatic hydroxyl groups is 1. The molecule has 0 aliphatic carbocycles. The molecule has 5 aromatic rings. The molecule has 0 saturated carbocycles. The molecule has 1 N–H and O–H groups in total. The number of benzene rings is 3. The van der Waals surface area contributed by atoms with Gasteiger partial charge in [0, 0.05) is 52.3 Å². The van der Waals surface area contributed by atoms with E-state index >= 15 is 0 Å². The van der Waals surface area contributed by atoms with Crippen molar-refractivity contribution in [2.75, 3.05) is 0 Å². The number of thiophene rings is 1. The molecule has 0 spiro atoms. The van der Waals surface area contributed by atoms with Gasteiger partial charge in [-0.1, -0.05) is 110 Å². The molecule has 0 fully saturated rings. The Labute approximate surface area is 293 Å². The summed E-state index contributed by atoms with van der Waals surface area (Å²) in [6.45, 7) is 20.8. The van der Waals surface area contributed by atoms with Gasteiger partial charge in [0.1, 0.15) is 5.76 Å². The van der Waals surface area contributed by atoms with Crippen molar-refractivity contribution in [2.24, 2.45) is 10.8 Å². The number of rotatable bonds is 8. The molecule has 5 rings (SSSR count). The number of ketones is 1. The van der Waals surface area contributed by atoms with Gasteiger partial charge in [-0.05, 0) is 60.9 Å². The van der Waals surface area contributed by atoms with E-state index in [1.807, 2.05) is 27.7 Å². The molecule has 0 saturated heterocycles. The minimum atomic E-state index is -0.347. The van der Waals surface area contributed by atoms with Crippen LogP contribution in [0.3, 0.4) is 0 Å². The normalized spacial score (nSPS) is 12.8. The van der Waals surface area contributed by atoms with Crippen molar-refractivity contribution in [3.05, 3.63) is 89.0 Å². The maximum atomic E-state index is 12.5. The van der Waals surface area contributed by atoms with Gasteiger partial charge >= 0.3 is 0 Å². The summed E-state index contributed by atoms with van der Waals surface area (Å²) in [6.07, 6.45) is 3.30. The van der Waals surface area contributed by atoms with Crippen LogP contribution in [0.5, 0.6) is 0 Å². The monoisotopic (exact) mass is 813 g/mol. The number of Topliss-reactive ketones (excluding diaryl/α,β-unsaturated/α-hetero) is 1. The summed E-state index contributed by atoms with van der Waals surface area (Å²) >= 11 is 1.79. The molecular formula is C41H50IrNO2S-. The number of allylic oxidation sites excluding steroid dienone is 2. The molecule has 0 atom stereocenters. The SMILES string of the molecule is CC(C)(C)c1cc(-c2nc3ccccc3c3sccc23)[c-]c2ccccc12.CCC(C)(CC)C(=O)/C(C)=C(\O)C(C)(CC)CC.[Ir]. The maximum Gasteiger partial charge on any atom is 0.167 e. The minimum Gasteiger partial charge on any atom is -0.511 e. The molecule has 0 bridgehead atoms. The number of nitrogens with zero attached hydrogens (tertiary/aromatic N) is 1. The molecule has 3 nitrogen and oxygen atoms in total. The largest absolute Gasteiger partial charge is 0.511 e. The number of para-hydroxylation sites is 1. The summed E-state index contributed by atoms with van der Waals surface area (Å²) in [5, 5.41) is 17.4. The smallest absolute Gasteiger partial charge is 0.167 e. The van der Waals surface area contributed by atoms with Crippen molar-refractivity contribution in [2.45, 2.75) is 100 Å². The third kappa shape index (κ3) is 7.33. The molecule has 2 aromatic heterocycles. The van der Waals surface area contributed by atoms with E-state index in [-0.39, 0.29) is 47.9 Å². The van der Waals surface area contributed by atoms with Crippen LogP contribution in [-0.4, -0.2) is 15.9 Å². The van der Waals surface area contributed by atoms with E-state index in [4.69, 9.17) is 4.98 Å². The van der Waals surface area contributed by atoms with Gasteiger partial charge in [0.25, 0.3) is 0 Å². The molecule has 0 amide bonds. The molecule has 0 aliphatic heterocycles. The van der Waals surface area contributed by atoms with E-state index in [0.717, 1.165) is 47.8 Å². The molecule has 2 heterocycles. The fourth-order valence-electron chi connectivity index (χ4n) is 6.00. The van der Waals surface area contributed by atoms with Gasteiger partial charge in [-0.3, -0.25) is 9.78 Å². The van der Waals surface area contributed by atoms with Gasteiger partial charge in [0.2, 0.25) is 0 Å². The van der Waals surface area contributed by atoms with E-state index in [2.05, 4.69) is 107 Å². The number of pyridine rings is 1. The van der Waals surface area contributed by atoms with Gasteiger partial charge in [0.15, 0.2) is 5.78 Å². The van der Waals surface area contributed by atoms with Gasteiger partial charge < -0.3 is 5.11 Å². The Kier molecular flexibility index (Phi) is 12.2. The Morgan fingerprint density at radius 1 is 0.804 bits per heavy atom. The van der Waals surface area contributed by atoms with Crippen LogP contribution < -0.4 is 0 Å². The topological polar surface area (TPSA) is 50.2 Å². The van der Waals surface area contributed by atoms with Crippen LogP contribution in [0.1, 0.15) is 100 Å². The van der Waals surface area contributed by atoms with Crippen molar-refractivity contribution < 1.29 is 30.0 Å². The second kappa shape index (κ2) is 14.9. The Hall–Kier alpha value is -2.85. The van der Waals surface area contributed by atoms with Crippen LogP contribution in [0.2, 0.25) is 0 Å². The second-order valence-electron chi connectivity index (χ2n) is 13.9. The molecular weight excluding hydrogens is 763 g/mol. The maximum absolute atomic E-state index is 12.5. The second-order valence-corrected chi connectivity index (χ2v) is 14.8. The summed E-state index contributed by atoms with van der Waals surface area (Å²) in [6, 6.07) is 25.1. The van der Waals surface area contributed by atoms with Crippen molar-refractivity contribution in [1.29, 1.82) is 0 Å². The number of carbonyl (C=O) groups excluding carboxylic acids is 1. The van der Waals surface area contributed by atoms with Gasteiger partial charge in [-0.25, -0.2) is 0 Å². The minimum absolute atomic E-state index is 0. The fourth-order valence-corrected chi connectivity index (χ4v) is 6.93. The predicted octanol–water partition coefficient (Wildman–Crippen LogP) is 12.4. The molecule has 3 aromatic carbocycles. The van der Waals surface area contributed by atoms with E-state index in [1.54, 1.807) is 18.3 Å². The van der Waals surface area contributed by atoms with Gasteiger partial charge in [-0.2, -0.15) is 0 Å². The summed E-state index contributed by atoms with van der Waals surface area (Å²) in [4.78, 5) is 17.6. The first-order chi connectivity index (χ1) is 21.2. The van der Waals surface area contributed by atoms with Crippen molar-refractivity contribution in [1.82, 2.24) is 4.98 Å². The molecule has 0 aliphatic rings. The first kappa shape index (κ1) is 37.6. The van der Waals surface area contributed by atoms with Gasteiger partial charge in [-0.15, -0.1) is 40.5 Å². The quantitative estimate of drug-likeness (QED) is 0.0964. The van der Waals surface area contributed by atoms with Crippen LogP contribution in [0.15, 0.2) is 77.4 Å². The van der Waals surface area contributed by atoms with Crippen LogP contribution in [0.25, 0.3) is 43.0 Å². The third-order valence-electron chi connectivity index (χ3n) is 10.1. The summed E-state index contributed by atoms with van der Waals surface area (Å²) in [5.74, 6) is 0.378. The molecule has 1 radical (unpaired) electrons. The van der Waals surface area contributed by atoms with E-state index in [0.29, 0.717) is 5.57 Å². The number of hydrogen-bond acceptors (Lipinski definition) is 4. The zero-order valence-electron chi connectivity index (χ0n) is 29.2. The number of fused-ring (bicyclic) bond motifs is 4. The number of aliphatic hydroxyl groups excluding tert-OH is 1. The standard InChI is InChI=1S/C25H20NS.C16H30O2.Ir/c1-25(2,3)21-15-17(14-16-8-4-5-9-18(16)21)23-20-12-13-27-24(20)19-10-6-7-11-22(19)26-23;1-8-15(6,9-2)13(17)12(5)14(18)16(7,10-3)11-4;/h4-13,15H,1-3H3;17H,8-11H2,1-7H3;/q-1;;/b;13-12-;. The zero-order valence-corrected chi connectivity index (χ0v) is 32.4. The van der Waals surface area contributed by atoms with Crippen molar-refractivity contribution in [3.63, 3.8) is 0 Å². The number of carbonyl (C=O) groups is 1. The van der Waals surface area contributed by atoms with Crippen LogP contribution >= 0.6 is 11.3 Å². The van der Waals surface area contributed by atoms with Gasteiger partial charge in [0.05, 0.1) is 5.52 Å². The van der Waals surface area contributed by atoms with Crippen molar-refractivity contribution in [3.8, 4) is 11.3 Å². The Bertz CT molecular complexity index is 1850. The summed E-state index contributed by atoms with van der Waals surface area (Å²) in [5.41, 5.74) is 4.46. The average Bonchev–Trinajstić information content (AvgIpc) is 3.56. The Balaban J connectivity index is 0.000000269. The average molecular weight is 813 g/mol. The van der Waals surface area contributed by atoms with Crippen LogP contribution in [-0.2, 0) is 30.3 Å². The Morgan fingerprint density at radius 2 is 1.37 bits per heavy atom. The first-order valence-corrected chi connectivity index (χ1v) is 17.3.